The van der Waals surface area contributed by atoms with Crippen molar-refractivity contribution in [1.82, 2.24) is 5.43 Å². The quantitative estimate of drug-likeness (QED) is 0.385. The zero-order valence-electron chi connectivity index (χ0n) is 15.7. The van der Waals surface area contributed by atoms with Crippen LogP contribution in [0.15, 0.2) is 77.9 Å². The van der Waals surface area contributed by atoms with Crippen LogP contribution in [0.2, 0.25) is 0 Å². The van der Waals surface area contributed by atoms with Gasteiger partial charge in [0.2, 0.25) is 6.79 Å². The third kappa shape index (κ3) is 3.97. The summed E-state index contributed by atoms with van der Waals surface area (Å²) in [6.07, 6.45) is 1.23. The van der Waals surface area contributed by atoms with Gasteiger partial charge in [0.05, 0.1) is 28.7 Å². The molecule has 150 valence electrons. The van der Waals surface area contributed by atoms with E-state index in [4.69, 9.17) is 9.47 Å². The van der Waals surface area contributed by atoms with Crippen molar-refractivity contribution in [3.63, 3.8) is 0 Å². The summed E-state index contributed by atoms with van der Waals surface area (Å²) in [5, 5.41) is 15.3. The molecule has 0 aromatic heterocycles. The molecule has 1 amide bonds. The summed E-state index contributed by atoms with van der Waals surface area (Å²) in [7, 11) is 0. The molecule has 3 aromatic rings. The zero-order valence-corrected chi connectivity index (χ0v) is 15.7. The maximum atomic E-state index is 12.9. The van der Waals surface area contributed by atoms with Gasteiger partial charge in [-0.1, -0.05) is 60.7 Å². The van der Waals surface area contributed by atoms with Crippen molar-refractivity contribution in [2.75, 3.05) is 6.79 Å². The average Bonchev–Trinajstić information content (AvgIpc) is 3.22. The first-order valence-corrected chi connectivity index (χ1v) is 9.14. The number of hydrogen-bond donors (Lipinski definition) is 1. The number of amides is 1. The lowest BCUT2D eigenvalue weighted by Crippen LogP contribution is -2.26. The number of nitro groups is 1. The highest BCUT2D eigenvalue weighted by atomic mass is 16.7. The van der Waals surface area contributed by atoms with E-state index in [1.54, 1.807) is 0 Å². The number of carbonyl (C=O) groups is 1. The van der Waals surface area contributed by atoms with E-state index < -0.39 is 10.8 Å². The highest BCUT2D eigenvalue weighted by Gasteiger charge is 2.24. The Morgan fingerprint density at radius 3 is 2.13 bits per heavy atom. The Morgan fingerprint density at radius 1 is 1.00 bits per heavy atom. The van der Waals surface area contributed by atoms with Crippen LogP contribution in [0.3, 0.4) is 0 Å². The fraction of sp³-hybridized carbons (Fsp3) is 0.0909. The predicted molar refractivity (Wildman–Crippen MR) is 110 cm³/mol. The van der Waals surface area contributed by atoms with Gasteiger partial charge >= 0.3 is 0 Å². The molecule has 0 radical (unpaired) electrons. The maximum absolute atomic E-state index is 12.9. The Kier molecular flexibility index (Phi) is 5.38. The molecule has 8 heteroatoms. The van der Waals surface area contributed by atoms with Crippen LogP contribution in [0.25, 0.3) is 0 Å². The first-order valence-electron chi connectivity index (χ1n) is 9.14. The summed E-state index contributed by atoms with van der Waals surface area (Å²) in [4.78, 5) is 23.8. The molecule has 0 fully saturated rings. The number of hydrogen-bond acceptors (Lipinski definition) is 6. The second-order valence-electron chi connectivity index (χ2n) is 6.51. The number of nitrogens with one attached hydrogen (secondary N) is 1. The number of ether oxygens (including phenoxy) is 2. The minimum Gasteiger partial charge on any atom is -0.454 e. The maximum Gasteiger partial charge on any atom is 0.282 e. The summed E-state index contributed by atoms with van der Waals surface area (Å²) in [5.41, 5.74) is 4.12. The Balaban J connectivity index is 1.59. The lowest BCUT2D eigenvalue weighted by atomic mass is 9.91. The second kappa shape index (κ2) is 8.44. The molecule has 0 saturated heterocycles. The summed E-state index contributed by atoms with van der Waals surface area (Å²) in [5.74, 6) is -0.237. The molecule has 0 bridgehead atoms. The van der Waals surface area contributed by atoms with Gasteiger partial charge in [-0.15, -0.1) is 0 Å². The van der Waals surface area contributed by atoms with Crippen molar-refractivity contribution < 1.29 is 19.2 Å². The first kappa shape index (κ1) is 19.1. The molecule has 1 N–H and O–H groups in total. The number of carbonyl (C=O) groups excluding carboxylic acids is 1. The van der Waals surface area contributed by atoms with E-state index in [9.17, 15) is 14.9 Å². The van der Waals surface area contributed by atoms with Crippen molar-refractivity contribution in [1.29, 1.82) is 0 Å². The van der Waals surface area contributed by atoms with Crippen LogP contribution < -0.4 is 14.9 Å². The number of nitrogens with zero attached hydrogens (tertiary/aromatic N) is 2. The minimum atomic E-state index is -0.573. The number of nitro benzene ring substituents is 1. The van der Waals surface area contributed by atoms with Gasteiger partial charge in [-0.25, -0.2) is 5.43 Å². The molecule has 1 aliphatic heterocycles. The van der Waals surface area contributed by atoms with Crippen molar-refractivity contribution in [3.8, 4) is 11.5 Å². The third-order valence-corrected chi connectivity index (χ3v) is 4.62. The standard InChI is InChI=1S/C22H17N3O5/c26-22(21(15-7-3-1-4-8-15)16-9-5-2-6-10-16)24-23-13-17-11-19-20(30-14-29-19)12-18(17)25(27)28/h1-13,21H,14H2,(H,24,26)/b23-13-. The molecule has 0 spiro atoms. The van der Waals surface area contributed by atoms with Gasteiger partial charge in [0.15, 0.2) is 11.5 Å². The van der Waals surface area contributed by atoms with Gasteiger partial charge in [-0.3, -0.25) is 14.9 Å². The fourth-order valence-corrected chi connectivity index (χ4v) is 3.22. The smallest absolute Gasteiger partial charge is 0.282 e. The molecule has 0 saturated carbocycles. The van der Waals surface area contributed by atoms with Crippen molar-refractivity contribution in [2.45, 2.75) is 5.92 Å². The van der Waals surface area contributed by atoms with Crippen LogP contribution in [-0.2, 0) is 4.79 Å². The van der Waals surface area contributed by atoms with Crippen LogP contribution in [0.1, 0.15) is 22.6 Å². The Morgan fingerprint density at radius 2 is 1.57 bits per heavy atom. The molecule has 1 aliphatic rings. The predicted octanol–water partition coefficient (Wildman–Crippen LogP) is 3.61. The monoisotopic (exact) mass is 403 g/mol. The van der Waals surface area contributed by atoms with E-state index in [-0.39, 0.29) is 24.0 Å². The molecule has 0 atom stereocenters. The minimum absolute atomic E-state index is 0.000346. The lowest BCUT2D eigenvalue weighted by Gasteiger charge is -2.16. The summed E-state index contributed by atoms with van der Waals surface area (Å²) >= 11 is 0. The number of rotatable bonds is 6. The van der Waals surface area contributed by atoms with Crippen LogP contribution in [0, 0.1) is 10.1 Å². The van der Waals surface area contributed by atoms with Crippen molar-refractivity contribution in [2.24, 2.45) is 5.10 Å². The van der Waals surface area contributed by atoms with E-state index in [1.165, 1.54) is 18.3 Å². The van der Waals surface area contributed by atoms with Crippen LogP contribution in [-0.4, -0.2) is 23.8 Å². The largest absolute Gasteiger partial charge is 0.454 e. The van der Waals surface area contributed by atoms with Crippen LogP contribution >= 0.6 is 0 Å². The molecule has 0 aliphatic carbocycles. The van der Waals surface area contributed by atoms with E-state index in [2.05, 4.69) is 10.5 Å². The van der Waals surface area contributed by atoms with E-state index in [0.717, 1.165) is 11.1 Å². The first-order chi connectivity index (χ1) is 14.6. The number of hydrazone groups is 1. The number of fused-ring (bicyclic) bond motifs is 1. The average molecular weight is 403 g/mol. The highest BCUT2D eigenvalue weighted by Crippen LogP contribution is 2.37. The van der Waals surface area contributed by atoms with Crippen LogP contribution in [0.4, 0.5) is 5.69 Å². The molecule has 3 aromatic carbocycles. The Labute approximate surface area is 171 Å². The van der Waals surface area contributed by atoms with Gasteiger partial charge in [0.25, 0.3) is 11.6 Å². The summed E-state index contributed by atoms with van der Waals surface area (Å²) < 4.78 is 10.4. The molecule has 30 heavy (non-hydrogen) atoms. The van der Waals surface area contributed by atoms with E-state index in [1.807, 2.05) is 60.7 Å². The number of benzene rings is 3. The Hall–Kier alpha value is -4.20. The van der Waals surface area contributed by atoms with Gasteiger partial charge in [-0.2, -0.15) is 5.10 Å². The molecule has 0 unspecified atom stereocenters. The van der Waals surface area contributed by atoms with Gasteiger partial charge < -0.3 is 9.47 Å². The molecule has 8 nitrogen and oxygen atoms in total. The fourth-order valence-electron chi connectivity index (χ4n) is 3.22. The summed E-state index contributed by atoms with van der Waals surface area (Å²) in [6, 6.07) is 21.4. The highest BCUT2D eigenvalue weighted by molar-refractivity contribution is 5.90. The molecular weight excluding hydrogens is 386 g/mol. The summed E-state index contributed by atoms with van der Waals surface area (Å²) in [6.45, 7) is -0.000346. The van der Waals surface area contributed by atoms with Gasteiger partial charge in [-0.05, 0) is 17.2 Å². The van der Waals surface area contributed by atoms with Crippen molar-refractivity contribution in [3.05, 3.63) is 99.6 Å². The zero-order chi connectivity index (χ0) is 20.9. The van der Waals surface area contributed by atoms with Crippen molar-refractivity contribution >= 4 is 17.8 Å². The van der Waals surface area contributed by atoms with E-state index >= 15 is 0 Å². The lowest BCUT2D eigenvalue weighted by molar-refractivity contribution is -0.385. The van der Waals surface area contributed by atoms with E-state index in [0.29, 0.717) is 11.5 Å². The molecular formula is C22H17N3O5. The molecule has 4 rings (SSSR count). The SMILES string of the molecule is O=C(N/N=C\c1cc2c(cc1[N+](=O)[O-])OCO2)C(c1ccccc1)c1ccccc1. The van der Waals surface area contributed by atoms with Crippen LogP contribution in [0.5, 0.6) is 11.5 Å². The van der Waals surface area contributed by atoms with Gasteiger partial charge in [0.1, 0.15) is 0 Å². The normalized spacial score (nSPS) is 12.3. The second-order valence-corrected chi connectivity index (χ2v) is 6.51. The molecule has 1 heterocycles. The Bertz CT molecular complexity index is 1060. The van der Waals surface area contributed by atoms with Gasteiger partial charge in [0, 0.05) is 0 Å². The third-order valence-electron chi connectivity index (χ3n) is 4.62. The topological polar surface area (TPSA) is 103 Å².